The lowest BCUT2D eigenvalue weighted by atomic mass is 10.4. The Balaban J connectivity index is 2.48. The number of rotatable bonds is 6. The predicted octanol–water partition coefficient (Wildman–Crippen LogP) is 1.67. The van der Waals surface area contributed by atoms with Crippen molar-refractivity contribution in [3.05, 3.63) is 15.6 Å². The second-order valence-corrected chi connectivity index (χ2v) is 5.41. The number of hydrogen-bond donors (Lipinski definition) is 2. The van der Waals surface area contributed by atoms with Gasteiger partial charge in [-0.05, 0) is 20.3 Å². The molecule has 1 rings (SSSR count). The van der Waals surface area contributed by atoms with Gasteiger partial charge in [0.2, 0.25) is 0 Å². The van der Waals surface area contributed by atoms with Gasteiger partial charge in [0.25, 0.3) is 0 Å². The number of nitrogens with one attached hydrogen (secondary N) is 1. The minimum Gasteiger partial charge on any atom is -0.395 e. The number of aromatic nitrogens is 1. The summed E-state index contributed by atoms with van der Waals surface area (Å²) in [5.74, 6) is 0. The molecule has 0 unspecified atom stereocenters. The van der Waals surface area contributed by atoms with Crippen molar-refractivity contribution in [3.8, 4) is 0 Å². The van der Waals surface area contributed by atoms with Crippen LogP contribution >= 0.6 is 11.3 Å². The van der Waals surface area contributed by atoms with Gasteiger partial charge in [0.15, 0.2) is 0 Å². The molecular weight excluding hydrogens is 250 g/mol. The van der Waals surface area contributed by atoms with E-state index >= 15 is 0 Å². The molecule has 0 fully saturated rings. The molecule has 5 nitrogen and oxygen atoms in total. The maximum Gasteiger partial charge on any atom is 0.317 e. The molecular formula is C12H21N3O2S. The molecule has 0 radical (unpaired) electrons. The summed E-state index contributed by atoms with van der Waals surface area (Å²) >= 11 is 1.60. The van der Waals surface area contributed by atoms with E-state index in [9.17, 15) is 4.79 Å². The lowest BCUT2D eigenvalue weighted by molar-refractivity contribution is 0.177. The van der Waals surface area contributed by atoms with Crippen LogP contribution in [0.15, 0.2) is 0 Å². The maximum absolute atomic E-state index is 11.9. The highest BCUT2D eigenvalue weighted by Crippen LogP contribution is 2.15. The first kappa shape index (κ1) is 14.9. The van der Waals surface area contributed by atoms with Gasteiger partial charge in [-0.1, -0.05) is 6.92 Å². The first-order valence-corrected chi connectivity index (χ1v) is 6.96. The molecule has 1 aromatic heterocycles. The lowest BCUT2D eigenvalue weighted by Gasteiger charge is -2.21. The van der Waals surface area contributed by atoms with Gasteiger partial charge in [-0.25, -0.2) is 9.78 Å². The summed E-state index contributed by atoms with van der Waals surface area (Å²) in [6, 6.07) is -0.142. The topological polar surface area (TPSA) is 65.5 Å². The summed E-state index contributed by atoms with van der Waals surface area (Å²) in [6.07, 6.45) is 0.878. The second-order valence-electron chi connectivity index (χ2n) is 4.12. The van der Waals surface area contributed by atoms with E-state index in [1.54, 1.807) is 16.2 Å². The van der Waals surface area contributed by atoms with Crippen LogP contribution in [-0.2, 0) is 6.54 Å². The molecule has 0 bridgehead atoms. The number of aliphatic hydroxyl groups is 1. The van der Waals surface area contributed by atoms with Crippen LogP contribution in [0, 0.1) is 13.8 Å². The first-order valence-electron chi connectivity index (χ1n) is 6.15. The standard InChI is InChI=1S/C12H21N3O2S/c1-4-5-15(6-7-16)12(17)13-8-11-14-9(2)10(3)18-11/h16H,4-8H2,1-3H3,(H,13,17). The Labute approximate surface area is 112 Å². The molecule has 0 atom stereocenters. The fourth-order valence-electron chi connectivity index (χ4n) is 1.58. The van der Waals surface area contributed by atoms with Gasteiger partial charge in [-0.15, -0.1) is 11.3 Å². The van der Waals surface area contributed by atoms with Crippen LogP contribution in [0.1, 0.15) is 28.9 Å². The molecule has 0 spiro atoms. The van der Waals surface area contributed by atoms with Crippen molar-refractivity contribution in [1.29, 1.82) is 0 Å². The van der Waals surface area contributed by atoms with Crippen LogP contribution in [0.2, 0.25) is 0 Å². The normalized spacial score (nSPS) is 10.4. The van der Waals surface area contributed by atoms with Crippen LogP contribution in [0.5, 0.6) is 0 Å². The molecule has 0 aliphatic carbocycles. The Morgan fingerprint density at radius 2 is 2.17 bits per heavy atom. The molecule has 0 saturated carbocycles. The average molecular weight is 271 g/mol. The molecule has 0 aliphatic heterocycles. The molecule has 102 valence electrons. The number of amides is 2. The van der Waals surface area contributed by atoms with E-state index in [1.165, 1.54) is 4.88 Å². The van der Waals surface area contributed by atoms with Gasteiger partial charge in [0.05, 0.1) is 18.8 Å². The molecule has 18 heavy (non-hydrogen) atoms. The van der Waals surface area contributed by atoms with Crippen LogP contribution in [0.4, 0.5) is 4.79 Å². The van der Waals surface area contributed by atoms with Crippen LogP contribution in [-0.4, -0.2) is 40.7 Å². The lowest BCUT2D eigenvalue weighted by Crippen LogP contribution is -2.41. The SMILES string of the molecule is CCCN(CCO)C(=O)NCc1nc(C)c(C)s1. The van der Waals surface area contributed by atoms with Crippen molar-refractivity contribution < 1.29 is 9.90 Å². The monoisotopic (exact) mass is 271 g/mol. The fraction of sp³-hybridized carbons (Fsp3) is 0.667. The molecule has 0 aromatic carbocycles. The third-order valence-electron chi connectivity index (χ3n) is 2.61. The van der Waals surface area contributed by atoms with E-state index < -0.39 is 0 Å². The Bertz CT molecular complexity index is 367. The first-order chi connectivity index (χ1) is 8.58. The summed E-state index contributed by atoms with van der Waals surface area (Å²) in [6.45, 7) is 7.45. The highest BCUT2D eigenvalue weighted by Gasteiger charge is 2.12. The quantitative estimate of drug-likeness (QED) is 0.827. The van der Waals surface area contributed by atoms with E-state index in [0.717, 1.165) is 17.1 Å². The number of aliphatic hydroxyl groups excluding tert-OH is 1. The van der Waals surface area contributed by atoms with Crippen LogP contribution in [0.3, 0.4) is 0 Å². The van der Waals surface area contributed by atoms with Crippen molar-refractivity contribution >= 4 is 17.4 Å². The van der Waals surface area contributed by atoms with E-state index in [2.05, 4.69) is 10.3 Å². The van der Waals surface area contributed by atoms with Gasteiger partial charge in [-0.3, -0.25) is 0 Å². The van der Waals surface area contributed by atoms with Crippen LogP contribution in [0.25, 0.3) is 0 Å². The Morgan fingerprint density at radius 3 is 2.67 bits per heavy atom. The van der Waals surface area contributed by atoms with Crippen molar-refractivity contribution in [3.63, 3.8) is 0 Å². The minimum atomic E-state index is -0.142. The Morgan fingerprint density at radius 1 is 1.44 bits per heavy atom. The number of carbonyl (C=O) groups is 1. The van der Waals surface area contributed by atoms with Crippen LogP contribution < -0.4 is 5.32 Å². The van der Waals surface area contributed by atoms with E-state index in [-0.39, 0.29) is 12.6 Å². The Kier molecular flexibility index (Phi) is 6.07. The number of thiazole rings is 1. The summed E-state index contributed by atoms with van der Waals surface area (Å²) < 4.78 is 0. The molecule has 0 saturated heterocycles. The van der Waals surface area contributed by atoms with Gasteiger partial charge in [0, 0.05) is 18.0 Å². The predicted molar refractivity (Wildman–Crippen MR) is 72.8 cm³/mol. The fourth-order valence-corrected chi connectivity index (χ4v) is 2.46. The summed E-state index contributed by atoms with van der Waals surface area (Å²) in [5, 5.41) is 12.7. The Hall–Kier alpha value is -1.14. The van der Waals surface area contributed by atoms with Crippen molar-refractivity contribution in [2.45, 2.75) is 33.7 Å². The zero-order chi connectivity index (χ0) is 13.5. The largest absolute Gasteiger partial charge is 0.395 e. The molecule has 1 aromatic rings. The second kappa shape index (κ2) is 7.33. The molecule has 2 amide bonds. The molecule has 0 aliphatic rings. The van der Waals surface area contributed by atoms with E-state index in [1.807, 2.05) is 20.8 Å². The highest BCUT2D eigenvalue weighted by molar-refractivity contribution is 7.11. The molecule has 1 heterocycles. The molecule has 6 heteroatoms. The number of nitrogens with zero attached hydrogens (tertiary/aromatic N) is 2. The van der Waals surface area contributed by atoms with Crippen molar-refractivity contribution in [1.82, 2.24) is 15.2 Å². The third kappa shape index (κ3) is 4.27. The summed E-state index contributed by atoms with van der Waals surface area (Å²) in [5.41, 5.74) is 1.02. The minimum absolute atomic E-state index is 0.0110. The average Bonchev–Trinajstić information content (AvgIpc) is 2.65. The molecule has 2 N–H and O–H groups in total. The van der Waals surface area contributed by atoms with Gasteiger partial charge in [0.1, 0.15) is 5.01 Å². The maximum atomic E-state index is 11.9. The van der Waals surface area contributed by atoms with Crippen molar-refractivity contribution in [2.75, 3.05) is 19.7 Å². The van der Waals surface area contributed by atoms with Gasteiger partial charge < -0.3 is 15.3 Å². The third-order valence-corrected chi connectivity index (χ3v) is 3.69. The van der Waals surface area contributed by atoms with E-state index in [0.29, 0.717) is 19.6 Å². The van der Waals surface area contributed by atoms with Crippen molar-refractivity contribution in [2.24, 2.45) is 0 Å². The number of aryl methyl sites for hydroxylation is 2. The zero-order valence-corrected chi connectivity index (χ0v) is 12.0. The van der Waals surface area contributed by atoms with E-state index in [4.69, 9.17) is 5.11 Å². The summed E-state index contributed by atoms with van der Waals surface area (Å²) in [4.78, 5) is 19.0. The van der Waals surface area contributed by atoms with Gasteiger partial charge >= 0.3 is 6.03 Å². The smallest absolute Gasteiger partial charge is 0.317 e. The van der Waals surface area contributed by atoms with Gasteiger partial charge in [-0.2, -0.15) is 0 Å². The zero-order valence-electron chi connectivity index (χ0n) is 11.2. The summed E-state index contributed by atoms with van der Waals surface area (Å²) in [7, 11) is 0. The number of urea groups is 1. The number of carbonyl (C=O) groups excluding carboxylic acids is 1. The number of hydrogen-bond acceptors (Lipinski definition) is 4. The highest BCUT2D eigenvalue weighted by atomic mass is 32.1.